The average Bonchev–Trinajstić information content (AvgIpc) is 2.75. The molecule has 0 heterocycles. The van der Waals surface area contributed by atoms with E-state index in [-0.39, 0.29) is 33.3 Å². The summed E-state index contributed by atoms with van der Waals surface area (Å²) in [6, 6.07) is 15.2. The molecule has 0 amide bonds. The monoisotopic (exact) mass is 478 g/mol. The van der Waals surface area contributed by atoms with Gasteiger partial charge in [0.1, 0.15) is 5.82 Å². The van der Waals surface area contributed by atoms with Gasteiger partial charge in [-0.15, -0.1) is 0 Å². The molecular weight excluding hydrogens is 459 g/mol. The summed E-state index contributed by atoms with van der Waals surface area (Å²) in [5.41, 5.74) is -0.0262. The van der Waals surface area contributed by atoms with Gasteiger partial charge < -0.3 is 4.74 Å². The zero-order chi connectivity index (χ0) is 23.4. The number of halogens is 1. The van der Waals surface area contributed by atoms with Crippen LogP contribution in [0.25, 0.3) is 0 Å². The van der Waals surface area contributed by atoms with E-state index in [0.29, 0.717) is 0 Å². The Bertz CT molecular complexity index is 1340. The molecule has 0 spiro atoms. The zero-order valence-electron chi connectivity index (χ0n) is 16.8. The molecular formula is C21H19FN2O6S2. The van der Waals surface area contributed by atoms with Gasteiger partial charge in [-0.1, -0.05) is 18.2 Å². The normalized spacial score (nSPS) is 11.6. The number of benzene rings is 3. The lowest BCUT2D eigenvalue weighted by atomic mass is 10.2. The summed E-state index contributed by atoms with van der Waals surface area (Å²) in [5.74, 6) is -1.26. The number of hydrogen-bond acceptors (Lipinski definition) is 6. The van der Waals surface area contributed by atoms with Crippen LogP contribution in [-0.4, -0.2) is 29.4 Å². The molecule has 0 bridgehead atoms. The van der Waals surface area contributed by atoms with E-state index in [0.717, 1.165) is 30.3 Å². The van der Waals surface area contributed by atoms with Crippen LogP contribution in [0.4, 0.5) is 15.8 Å². The van der Waals surface area contributed by atoms with Gasteiger partial charge in [-0.05, 0) is 61.5 Å². The van der Waals surface area contributed by atoms with E-state index in [4.69, 9.17) is 4.74 Å². The Morgan fingerprint density at radius 3 is 1.94 bits per heavy atom. The van der Waals surface area contributed by atoms with Crippen molar-refractivity contribution in [2.24, 2.45) is 0 Å². The van der Waals surface area contributed by atoms with E-state index >= 15 is 0 Å². The number of carbonyl (C=O) groups is 1. The van der Waals surface area contributed by atoms with Gasteiger partial charge in [0.2, 0.25) is 0 Å². The van der Waals surface area contributed by atoms with Crippen LogP contribution in [0.3, 0.4) is 0 Å². The lowest BCUT2D eigenvalue weighted by Gasteiger charge is -2.15. The standard InChI is InChI=1S/C21H19FN2O6S2/c1-2-30-21(25)15-6-5-7-18(14-15)32(28,29)24-20-9-4-3-8-19(20)23-31(26,27)17-12-10-16(22)11-13-17/h3-14,23-24H,2H2,1H3. The number of ether oxygens (including phenoxy) is 1. The van der Waals surface area contributed by atoms with E-state index in [2.05, 4.69) is 9.44 Å². The maximum atomic E-state index is 13.1. The van der Waals surface area contributed by atoms with Crippen LogP contribution in [0, 0.1) is 5.82 Å². The van der Waals surface area contributed by atoms with Crippen molar-refractivity contribution >= 4 is 37.4 Å². The van der Waals surface area contributed by atoms with Crippen molar-refractivity contribution in [3.05, 3.63) is 84.2 Å². The summed E-state index contributed by atoms with van der Waals surface area (Å²) in [6.45, 7) is 1.76. The molecule has 0 fully saturated rings. The van der Waals surface area contributed by atoms with Gasteiger partial charge in [-0.3, -0.25) is 9.44 Å². The van der Waals surface area contributed by atoms with Crippen LogP contribution >= 0.6 is 0 Å². The van der Waals surface area contributed by atoms with Crippen LogP contribution < -0.4 is 9.44 Å². The quantitative estimate of drug-likeness (QED) is 0.478. The number of esters is 1. The molecule has 3 aromatic rings. The highest BCUT2D eigenvalue weighted by atomic mass is 32.2. The average molecular weight is 479 g/mol. The Labute approximate surface area is 185 Å². The maximum Gasteiger partial charge on any atom is 0.338 e. The minimum absolute atomic E-state index is 0.0399. The second-order valence-corrected chi connectivity index (χ2v) is 9.82. The lowest BCUT2D eigenvalue weighted by molar-refractivity contribution is 0.0526. The fourth-order valence-corrected chi connectivity index (χ4v) is 4.89. The second-order valence-electron chi connectivity index (χ2n) is 6.46. The van der Waals surface area contributed by atoms with Gasteiger partial charge in [0, 0.05) is 0 Å². The van der Waals surface area contributed by atoms with E-state index in [9.17, 15) is 26.0 Å². The molecule has 0 saturated heterocycles. The molecule has 0 aliphatic heterocycles. The van der Waals surface area contributed by atoms with E-state index in [1.165, 1.54) is 42.5 Å². The fourth-order valence-electron chi connectivity index (χ4n) is 2.69. The maximum absolute atomic E-state index is 13.1. The molecule has 0 aromatic heterocycles. The van der Waals surface area contributed by atoms with Crippen molar-refractivity contribution in [2.45, 2.75) is 16.7 Å². The Morgan fingerprint density at radius 1 is 0.812 bits per heavy atom. The summed E-state index contributed by atoms with van der Waals surface area (Å²) in [7, 11) is -8.28. The Morgan fingerprint density at radius 2 is 1.38 bits per heavy atom. The molecule has 168 valence electrons. The van der Waals surface area contributed by atoms with Crippen molar-refractivity contribution in [2.75, 3.05) is 16.1 Å². The first-order valence-corrected chi connectivity index (χ1v) is 12.3. The first kappa shape index (κ1) is 23.2. The minimum Gasteiger partial charge on any atom is -0.462 e. The molecule has 0 aliphatic carbocycles. The Balaban J connectivity index is 1.90. The van der Waals surface area contributed by atoms with Crippen molar-refractivity contribution in [1.29, 1.82) is 0 Å². The van der Waals surface area contributed by atoms with Crippen LogP contribution in [0.1, 0.15) is 17.3 Å². The highest BCUT2D eigenvalue weighted by Gasteiger charge is 2.21. The van der Waals surface area contributed by atoms with E-state index < -0.39 is 31.8 Å². The van der Waals surface area contributed by atoms with Gasteiger partial charge in [0.15, 0.2) is 0 Å². The summed E-state index contributed by atoms with van der Waals surface area (Å²) in [6.07, 6.45) is 0. The summed E-state index contributed by atoms with van der Waals surface area (Å²) in [5, 5.41) is 0. The van der Waals surface area contributed by atoms with Gasteiger partial charge >= 0.3 is 5.97 Å². The van der Waals surface area contributed by atoms with E-state index in [1.54, 1.807) is 6.92 Å². The topological polar surface area (TPSA) is 119 Å². The van der Waals surface area contributed by atoms with Gasteiger partial charge in [0.25, 0.3) is 20.0 Å². The number of rotatable bonds is 8. The largest absolute Gasteiger partial charge is 0.462 e. The molecule has 11 heteroatoms. The first-order valence-electron chi connectivity index (χ1n) is 9.30. The summed E-state index contributed by atoms with van der Waals surface area (Å²) < 4.78 is 73.6. The third kappa shape index (κ3) is 5.42. The SMILES string of the molecule is CCOC(=O)c1cccc(S(=O)(=O)Nc2ccccc2NS(=O)(=O)c2ccc(F)cc2)c1. The van der Waals surface area contributed by atoms with Gasteiger partial charge in [-0.25, -0.2) is 26.0 Å². The molecule has 3 aromatic carbocycles. The lowest BCUT2D eigenvalue weighted by Crippen LogP contribution is -2.18. The number of hydrogen-bond donors (Lipinski definition) is 2. The molecule has 2 N–H and O–H groups in total. The third-order valence-corrected chi connectivity index (χ3v) is 6.94. The minimum atomic E-state index is -4.17. The third-order valence-electron chi connectivity index (χ3n) is 4.20. The Hall–Kier alpha value is -3.44. The summed E-state index contributed by atoms with van der Waals surface area (Å²) >= 11 is 0. The van der Waals surface area contributed by atoms with E-state index in [1.807, 2.05) is 0 Å². The molecule has 0 saturated carbocycles. The van der Waals surface area contributed by atoms with Crippen molar-refractivity contribution in [3.63, 3.8) is 0 Å². The molecule has 0 atom stereocenters. The van der Waals surface area contributed by atoms with Crippen molar-refractivity contribution in [1.82, 2.24) is 0 Å². The van der Waals surface area contributed by atoms with Gasteiger partial charge in [0.05, 0.1) is 33.3 Å². The Kier molecular flexibility index (Phi) is 6.80. The number of carbonyl (C=O) groups excluding carboxylic acids is 1. The zero-order valence-corrected chi connectivity index (χ0v) is 18.4. The molecule has 3 rings (SSSR count). The second kappa shape index (κ2) is 9.37. The number of nitrogens with one attached hydrogen (secondary N) is 2. The highest BCUT2D eigenvalue weighted by Crippen LogP contribution is 2.27. The van der Waals surface area contributed by atoms with Crippen LogP contribution in [-0.2, 0) is 24.8 Å². The molecule has 8 nitrogen and oxygen atoms in total. The van der Waals surface area contributed by atoms with Crippen LogP contribution in [0.2, 0.25) is 0 Å². The summed E-state index contributed by atoms with van der Waals surface area (Å²) in [4.78, 5) is 11.5. The highest BCUT2D eigenvalue weighted by molar-refractivity contribution is 7.93. The first-order chi connectivity index (χ1) is 15.1. The molecule has 0 radical (unpaired) electrons. The number of para-hydroxylation sites is 2. The van der Waals surface area contributed by atoms with Gasteiger partial charge in [-0.2, -0.15) is 0 Å². The predicted octanol–water partition coefficient (Wildman–Crippen LogP) is 3.60. The predicted molar refractivity (Wildman–Crippen MR) is 117 cm³/mol. The van der Waals surface area contributed by atoms with Crippen LogP contribution in [0.15, 0.2) is 82.6 Å². The smallest absolute Gasteiger partial charge is 0.338 e. The van der Waals surface area contributed by atoms with Crippen LogP contribution in [0.5, 0.6) is 0 Å². The van der Waals surface area contributed by atoms with Crippen molar-refractivity contribution in [3.8, 4) is 0 Å². The van der Waals surface area contributed by atoms with Crippen molar-refractivity contribution < 1.29 is 30.8 Å². The fraction of sp³-hybridized carbons (Fsp3) is 0.0952. The molecule has 32 heavy (non-hydrogen) atoms. The number of anilines is 2. The molecule has 0 aliphatic rings. The molecule has 0 unspecified atom stereocenters. The number of sulfonamides is 2.